The Labute approximate surface area is 178 Å². The van der Waals surface area contributed by atoms with Gasteiger partial charge in [0.1, 0.15) is 12.1 Å². The molecule has 164 valence electrons. The van der Waals surface area contributed by atoms with Gasteiger partial charge in [-0.15, -0.1) is 0 Å². The minimum Gasteiger partial charge on any atom is -0.339 e. The molecule has 8 nitrogen and oxygen atoms in total. The highest BCUT2D eigenvalue weighted by molar-refractivity contribution is 6.10. The van der Waals surface area contributed by atoms with Gasteiger partial charge < -0.3 is 15.5 Å². The largest absolute Gasteiger partial charge is 0.339 e. The molecule has 2 rings (SSSR count). The molecule has 1 aliphatic rings. The van der Waals surface area contributed by atoms with E-state index in [1.165, 1.54) is 0 Å². The van der Waals surface area contributed by atoms with Crippen LogP contribution in [0.1, 0.15) is 63.7 Å². The first-order valence-electron chi connectivity index (χ1n) is 10.6. The highest BCUT2D eigenvalue weighted by Gasteiger charge is 2.50. The second-order valence-electron chi connectivity index (χ2n) is 7.51. The predicted octanol–water partition coefficient (Wildman–Crippen LogP) is 3.00. The van der Waals surface area contributed by atoms with Crippen LogP contribution in [0.2, 0.25) is 0 Å². The van der Waals surface area contributed by atoms with E-state index >= 15 is 0 Å². The molecule has 0 radical (unpaired) electrons. The number of imide groups is 1. The lowest BCUT2D eigenvalue weighted by molar-refractivity contribution is -0.134. The number of urea groups is 1. The number of amides is 5. The Balaban J connectivity index is 2.02. The van der Waals surface area contributed by atoms with Crippen molar-refractivity contribution in [2.75, 3.05) is 25.0 Å². The molecule has 2 N–H and O–H groups in total. The Morgan fingerprint density at radius 2 is 1.57 bits per heavy atom. The molecule has 0 atom stereocenters. The van der Waals surface area contributed by atoms with Crippen LogP contribution in [-0.4, -0.2) is 58.7 Å². The second kappa shape index (κ2) is 10.2. The monoisotopic (exact) mass is 416 g/mol. The van der Waals surface area contributed by atoms with Crippen LogP contribution < -0.4 is 10.6 Å². The molecule has 0 aromatic heterocycles. The Morgan fingerprint density at radius 3 is 2.07 bits per heavy atom. The van der Waals surface area contributed by atoms with E-state index in [1.807, 2.05) is 27.7 Å². The maximum absolute atomic E-state index is 12.9. The van der Waals surface area contributed by atoms with Gasteiger partial charge in [0, 0.05) is 24.3 Å². The summed E-state index contributed by atoms with van der Waals surface area (Å²) < 4.78 is 0. The van der Waals surface area contributed by atoms with Crippen molar-refractivity contribution < 1.29 is 19.2 Å². The zero-order valence-electron chi connectivity index (χ0n) is 18.3. The number of carbonyl (C=O) groups excluding carboxylic acids is 4. The Bertz CT molecular complexity index is 781. The summed E-state index contributed by atoms with van der Waals surface area (Å²) in [4.78, 5) is 52.7. The summed E-state index contributed by atoms with van der Waals surface area (Å²) in [5.41, 5.74) is 0.124. The lowest BCUT2D eigenvalue weighted by Crippen LogP contribution is -2.47. The van der Waals surface area contributed by atoms with E-state index in [9.17, 15) is 19.2 Å². The van der Waals surface area contributed by atoms with Crippen molar-refractivity contribution in [1.82, 2.24) is 15.1 Å². The quantitative estimate of drug-likeness (QED) is 0.573. The lowest BCUT2D eigenvalue weighted by Gasteiger charge is -2.25. The molecular weight excluding hydrogens is 384 g/mol. The molecule has 0 saturated carbocycles. The zero-order valence-corrected chi connectivity index (χ0v) is 18.3. The van der Waals surface area contributed by atoms with Crippen molar-refractivity contribution >= 4 is 29.4 Å². The van der Waals surface area contributed by atoms with Gasteiger partial charge in [-0.1, -0.05) is 26.7 Å². The van der Waals surface area contributed by atoms with Gasteiger partial charge in [-0.05, 0) is 51.0 Å². The van der Waals surface area contributed by atoms with Gasteiger partial charge in [-0.3, -0.25) is 19.3 Å². The molecule has 1 fully saturated rings. The molecule has 0 bridgehead atoms. The third kappa shape index (κ3) is 4.98. The third-order valence-corrected chi connectivity index (χ3v) is 5.37. The van der Waals surface area contributed by atoms with Gasteiger partial charge in [0.05, 0.1) is 0 Å². The van der Waals surface area contributed by atoms with Crippen LogP contribution in [0.3, 0.4) is 0 Å². The van der Waals surface area contributed by atoms with Crippen LogP contribution in [0.25, 0.3) is 0 Å². The first-order valence-corrected chi connectivity index (χ1v) is 10.6. The van der Waals surface area contributed by atoms with Gasteiger partial charge in [-0.2, -0.15) is 0 Å². The van der Waals surface area contributed by atoms with Crippen molar-refractivity contribution in [3.63, 3.8) is 0 Å². The normalized spacial score (nSPS) is 15.1. The first kappa shape index (κ1) is 23.4. The van der Waals surface area contributed by atoms with Gasteiger partial charge in [0.25, 0.3) is 11.8 Å². The molecule has 5 amide bonds. The standard InChI is InChI=1S/C22H32N4O4/c1-5-13-22(14-6-2)20(29)26(21(30)24-22)15-18(27)23-17-11-9-16(10-12-17)19(28)25(7-3)8-4/h9-12H,5-8,13-15H2,1-4H3,(H,23,27)(H,24,30). The van der Waals surface area contributed by atoms with Crippen LogP contribution in [0, 0.1) is 0 Å². The van der Waals surface area contributed by atoms with Crippen molar-refractivity contribution in [3.05, 3.63) is 29.8 Å². The molecule has 0 unspecified atom stereocenters. The third-order valence-electron chi connectivity index (χ3n) is 5.37. The molecule has 0 spiro atoms. The van der Waals surface area contributed by atoms with Gasteiger partial charge in [0.2, 0.25) is 5.91 Å². The van der Waals surface area contributed by atoms with Gasteiger partial charge in [-0.25, -0.2) is 4.79 Å². The second-order valence-corrected chi connectivity index (χ2v) is 7.51. The van der Waals surface area contributed by atoms with Crippen molar-refractivity contribution in [1.29, 1.82) is 0 Å². The van der Waals surface area contributed by atoms with Crippen LogP contribution in [-0.2, 0) is 9.59 Å². The highest BCUT2D eigenvalue weighted by Crippen LogP contribution is 2.28. The topological polar surface area (TPSA) is 98.8 Å². The van der Waals surface area contributed by atoms with E-state index in [4.69, 9.17) is 0 Å². The molecule has 1 heterocycles. The minimum absolute atomic E-state index is 0.0691. The first-order chi connectivity index (χ1) is 14.3. The van der Waals surface area contributed by atoms with Crippen LogP contribution in [0.5, 0.6) is 0 Å². The van der Waals surface area contributed by atoms with Crippen molar-refractivity contribution in [3.8, 4) is 0 Å². The number of anilines is 1. The summed E-state index contributed by atoms with van der Waals surface area (Å²) >= 11 is 0. The molecule has 1 aliphatic heterocycles. The van der Waals surface area contributed by atoms with Crippen LogP contribution >= 0.6 is 0 Å². The summed E-state index contributed by atoms with van der Waals surface area (Å²) in [7, 11) is 0. The van der Waals surface area contributed by atoms with E-state index in [1.54, 1.807) is 29.2 Å². The number of hydrogen-bond donors (Lipinski definition) is 2. The number of benzene rings is 1. The SMILES string of the molecule is CCCC1(CCC)NC(=O)N(CC(=O)Nc2ccc(C(=O)N(CC)CC)cc2)C1=O. The van der Waals surface area contributed by atoms with Crippen molar-refractivity contribution in [2.24, 2.45) is 0 Å². The number of carbonyl (C=O) groups is 4. The van der Waals surface area contributed by atoms with E-state index < -0.39 is 17.5 Å². The Kier molecular flexibility index (Phi) is 7.97. The number of nitrogens with zero attached hydrogens (tertiary/aromatic N) is 2. The van der Waals surface area contributed by atoms with Crippen LogP contribution in [0.4, 0.5) is 10.5 Å². The number of hydrogen-bond acceptors (Lipinski definition) is 4. The summed E-state index contributed by atoms with van der Waals surface area (Å²) in [6.07, 6.45) is 2.60. The fourth-order valence-corrected chi connectivity index (χ4v) is 3.87. The molecule has 30 heavy (non-hydrogen) atoms. The smallest absolute Gasteiger partial charge is 0.325 e. The van der Waals surface area contributed by atoms with E-state index in [0.717, 1.165) is 17.7 Å². The van der Waals surface area contributed by atoms with E-state index in [-0.39, 0.29) is 18.4 Å². The molecule has 8 heteroatoms. The highest BCUT2D eigenvalue weighted by atomic mass is 16.2. The van der Waals surface area contributed by atoms with Crippen LogP contribution in [0.15, 0.2) is 24.3 Å². The maximum Gasteiger partial charge on any atom is 0.325 e. The molecule has 1 aromatic rings. The van der Waals surface area contributed by atoms with Gasteiger partial charge >= 0.3 is 6.03 Å². The van der Waals surface area contributed by atoms with Crippen molar-refractivity contribution in [2.45, 2.75) is 58.9 Å². The summed E-state index contributed by atoms with van der Waals surface area (Å²) in [6.45, 7) is 8.65. The number of rotatable bonds is 10. The summed E-state index contributed by atoms with van der Waals surface area (Å²) in [5.74, 6) is -0.878. The van der Waals surface area contributed by atoms with E-state index in [0.29, 0.717) is 37.2 Å². The lowest BCUT2D eigenvalue weighted by atomic mass is 9.88. The molecule has 1 saturated heterocycles. The zero-order chi connectivity index (χ0) is 22.3. The Morgan fingerprint density at radius 1 is 1.00 bits per heavy atom. The minimum atomic E-state index is -0.909. The Hall–Kier alpha value is -2.90. The summed E-state index contributed by atoms with van der Waals surface area (Å²) in [6, 6.07) is 6.05. The van der Waals surface area contributed by atoms with Gasteiger partial charge in [0.15, 0.2) is 0 Å². The van der Waals surface area contributed by atoms with E-state index in [2.05, 4.69) is 10.6 Å². The molecule has 1 aromatic carbocycles. The number of nitrogens with one attached hydrogen (secondary N) is 2. The maximum atomic E-state index is 12.9. The fraction of sp³-hybridized carbons (Fsp3) is 0.545. The average Bonchev–Trinajstić information content (AvgIpc) is 2.94. The summed E-state index contributed by atoms with van der Waals surface area (Å²) in [5, 5.41) is 5.48. The fourth-order valence-electron chi connectivity index (χ4n) is 3.87. The predicted molar refractivity (Wildman–Crippen MR) is 115 cm³/mol. The molecule has 0 aliphatic carbocycles. The average molecular weight is 417 g/mol. The molecular formula is C22H32N4O4.